The van der Waals surface area contributed by atoms with E-state index in [2.05, 4.69) is 19.2 Å². The predicted molar refractivity (Wildman–Crippen MR) is 86.4 cm³/mol. The maximum Gasteiger partial charge on any atom is 0.281 e. The zero-order valence-corrected chi connectivity index (χ0v) is 14.4. The Morgan fingerprint density at radius 1 is 1.00 bits per heavy atom. The van der Waals surface area contributed by atoms with Gasteiger partial charge in [0.2, 0.25) is 0 Å². The summed E-state index contributed by atoms with van der Waals surface area (Å²) in [6.45, 7) is 7.96. The molecule has 0 amide bonds. The molecule has 6 heteroatoms. The molecule has 0 aromatic carbocycles. The van der Waals surface area contributed by atoms with Gasteiger partial charge in [-0.15, -0.1) is 0 Å². The first kappa shape index (κ1) is 17.2. The third kappa shape index (κ3) is 4.91. The molecule has 0 bridgehead atoms. The van der Waals surface area contributed by atoms with Crippen molar-refractivity contribution in [1.82, 2.24) is 13.9 Å². The molecule has 0 aliphatic carbocycles. The first-order valence-corrected chi connectivity index (χ1v) is 9.88. The molecule has 1 unspecified atom stereocenters. The van der Waals surface area contributed by atoms with Crippen LogP contribution in [0.25, 0.3) is 0 Å². The predicted octanol–water partition coefficient (Wildman–Crippen LogP) is 1.82. The Hall–Kier alpha value is -0.170. The second-order valence-electron chi connectivity index (χ2n) is 6.75. The van der Waals surface area contributed by atoms with Gasteiger partial charge in [0.15, 0.2) is 0 Å². The number of nitrogens with zero attached hydrogens (tertiary/aromatic N) is 2. The van der Waals surface area contributed by atoms with Gasteiger partial charge in [-0.25, -0.2) is 0 Å². The lowest BCUT2D eigenvalue weighted by Gasteiger charge is -2.35. The fraction of sp³-hybridized carbons (Fsp3) is 1.00. The van der Waals surface area contributed by atoms with Crippen molar-refractivity contribution in [1.29, 1.82) is 0 Å². The fourth-order valence-electron chi connectivity index (χ4n) is 3.24. The minimum Gasteiger partial charge on any atom is -0.314 e. The Bertz CT molecular complexity index is 403. The second kappa shape index (κ2) is 7.90. The lowest BCUT2D eigenvalue weighted by atomic mass is 9.99. The van der Waals surface area contributed by atoms with Gasteiger partial charge in [0.05, 0.1) is 0 Å². The quantitative estimate of drug-likeness (QED) is 0.841. The highest BCUT2D eigenvalue weighted by Crippen LogP contribution is 2.23. The summed E-state index contributed by atoms with van der Waals surface area (Å²) in [5, 5.41) is 3.44. The van der Waals surface area contributed by atoms with Crippen LogP contribution in [0.5, 0.6) is 0 Å². The van der Waals surface area contributed by atoms with E-state index in [1.54, 1.807) is 8.61 Å². The molecular formula is C15H31N3O2S. The van der Waals surface area contributed by atoms with Crippen LogP contribution >= 0.6 is 0 Å². The summed E-state index contributed by atoms with van der Waals surface area (Å²) in [6, 6.07) is 0.461. The van der Waals surface area contributed by atoms with E-state index in [1.165, 1.54) is 0 Å². The Balaban J connectivity index is 1.95. The van der Waals surface area contributed by atoms with Crippen molar-refractivity contribution < 1.29 is 8.42 Å². The smallest absolute Gasteiger partial charge is 0.281 e. The molecule has 2 rings (SSSR count). The minimum absolute atomic E-state index is 0.447. The number of piperidine rings is 1. The van der Waals surface area contributed by atoms with E-state index in [0.717, 1.165) is 45.1 Å². The van der Waals surface area contributed by atoms with Gasteiger partial charge >= 0.3 is 0 Å². The summed E-state index contributed by atoms with van der Waals surface area (Å²) < 4.78 is 29.1. The Labute approximate surface area is 130 Å². The van der Waals surface area contributed by atoms with Crippen LogP contribution in [0, 0.1) is 5.92 Å². The van der Waals surface area contributed by atoms with E-state index in [-0.39, 0.29) is 0 Å². The lowest BCUT2D eigenvalue weighted by molar-refractivity contribution is 0.239. The SMILES string of the molecule is CC(C)NCC1CCCN(S(=O)(=O)N2CCCCCC2)C1. The molecule has 0 aromatic rings. The van der Waals surface area contributed by atoms with Crippen molar-refractivity contribution in [2.45, 2.75) is 58.4 Å². The largest absolute Gasteiger partial charge is 0.314 e. The molecule has 0 aromatic heterocycles. The molecule has 1 atom stereocenters. The molecule has 2 heterocycles. The average Bonchev–Trinajstić information content (AvgIpc) is 2.75. The second-order valence-corrected chi connectivity index (χ2v) is 8.68. The molecule has 0 radical (unpaired) electrons. The third-order valence-corrected chi connectivity index (χ3v) is 6.52. The molecule has 124 valence electrons. The van der Waals surface area contributed by atoms with Crippen molar-refractivity contribution in [2.24, 2.45) is 5.92 Å². The van der Waals surface area contributed by atoms with Gasteiger partial charge in [-0.3, -0.25) is 0 Å². The van der Waals surface area contributed by atoms with Crippen LogP contribution in [0.1, 0.15) is 52.4 Å². The zero-order chi connectivity index (χ0) is 15.3. The normalized spacial score (nSPS) is 26.9. The average molecular weight is 317 g/mol. The van der Waals surface area contributed by atoms with Crippen LogP contribution in [-0.2, 0) is 10.2 Å². The molecule has 2 aliphatic heterocycles. The molecule has 21 heavy (non-hydrogen) atoms. The van der Waals surface area contributed by atoms with Gasteiger partial charge < -0.3 is 5.32 Å². The van der Waals surface area contributed by atoms with Crippen LogP contribution in [-0.4, -0.2) is 55.8 Å². The van der Waals surface area contributed by atoms with Crippen molar-refractivity contribution >= 4 is 10.2 Å². The summed E-state index contributed by atoms with van der Waals surface area (Å²) in [5.74, 6) is 0.447. The van der Waals surface area contributed by atoms with E-state index in [1.807, 2.05) is 0 Å². The highest BCUT2D eigenvalue weighted by molar-refractivity contribution is 7.86. The summed E-state index contributed by atoms with van der Waals surface area (Å²) in [5.41, 5.74) is 0. The van der Waals surface area contributed by atoms with E-state index in [4.69, 9.17) is 0 Å². The Morgan fingerprint density at radius 2 is 1.62 bits per heavy atom. The maximum absolute atomic E-state index is 12.8. The van der Waals surface area contributed by atoms with Gasteiger partial charge in [-0.05, 0) is 38.1 Å². The Morgan fingerprint density at radius 3 is 2.24 bits per heavy atom. The van der Waals surface area contributed by atoms with Gasteiger partial charge in [0.1, 0.15) is 0 Å². The van der Waals surface area contributed by atoms with Crippen LogP contribution in [0.15, 0.2) is 0 Å². The lowest BCUT2D eigenvalue weighted by Crippen LogP contribution is -2.49. The topological polar surface area (TPSA) is 52.7 Å². The number of nitrogens with one attached hydrogen (secondary N) is 1. The molecule has 2 aliphatic rings. The molecule has 2 saturated heterocycles. The van der Waals surface area contributed by atoms with Crippen LogP contribution in [0.4, 0.5) is 0 Å². The van der Waals surface area contributed by atoms with Gasteiger partial charge in [-0.1, -0.05) is 26.7 Å². The molecular weight excluding hydrogens is 286 g/mol. The molecule has 1 N–H and O–H groups in total. The van der Waals surface area contributed by atoms with Gasteiger partial charge in [0, 0.05) is 32.2 Å². The maximum atomic E-state index is 12.8. The summed E-state index contributed by atoms with van der Waals surface area (Å²) in [6.07, 6.45) is 6.44. The van der Waals surface area contributed by atoms with Crippen molar-refractivity contribution in [3.8, 4) is 0 Å². The van der Waals surface area contributed by atoms with Crippen molar-refractivity contribution in [3.63, 3.8) is 0 Å². The van der Waals surface area contributed by atoms with E-state index in [0.29, 0.717) is 38.1 Å². The summed E-state index contributed by atoms with van der Waals surface area (Å²) in [7, 11) is -3.24. The monoisotopic (exact) mass is 317 g/mol. The Kier molecular flexibility index (Phi) is 6.47. The van der Waals surface area contributed by atoms with Crippen LogP contribution in [0.3, 0.4) is 0 Å². The van der Waals surface area contributed by atoms with E-state index in [9.17, 15) is 8.42 Å². The molecule has 2 fully saturated rings. The number of hydrogen-bond acceptors (Lipinski definition) is 3. The van der Waals surface area contributed by atoms with Crippen molar-refractivity contribution in [3.05, 3.63) is 0 Å². The first-order chi connectivity index (χ1) is 10.00. The highest BCUT2D eigenvalue weighted by Gasteiger charge is 2.33. The van der Waals surface area contributed by atoms with Gasteiger partial charge in [0.25, 0.3) is 10.2 Å². The zero-order valence-electron chi connectivity index (χ0n) is 13.6. The summed E-state index contributed by atoms with van der Waals surface area (Å²) in [4.78, 5) is 0. The molecule has 5 nitrogen and oxygen atoms in total. The molecule has 0 spiro atoms. The van der Waals surface area contributed by atoms with Crippen LogP contribution in [0.2, 0.25) is 0 Å². The van der Waals surface area contributed by atoms with Crippen molar-refractivity contribution in [2.75, 3.05) is 32.7 Å². The number of rotatable bonds is 5. The first-order valence-electron chi connectivity index (χ1n) is 8.49. The van der Waals surface area contributed by atoms with E-state index < -0.39 is 10.2 Å². The summed E-state index contributed by atoms with van der Waals surface area (Å²) >= 11 is 0. The molecule has 0 saturated carbocycles. The number of hydrogen-bond donors (Lipinski definition) is 1. The van der Waals surface area contributed by atoms with Crippen LogP contribution < -0.4 is 5.32 Å². The fourth-order valence-corrected chi connectivity index (χ4v) is 5.05. The van der Waals surface area contributed by atoms with E-state index >= 15 is 0 Å². The van der Waals surface area contributed by atoms with Gasteiger partial charge in [-0.2, -0.15) is 17.0 Å². The standard InChI is InChI=1S/C15H31N3O2S/c1-14(2)16-12-15-8-7-11-18(13-15)21(19,20)17-9-5-3-4-6-10-17/h14-16H,3-13H2,1-2H3. The third-order valence-electron chi connectivity index (χ3n) is 4.51. The highest BCUT2D eigenvalue weighted by atomic mass is 32.2. The minimum atomic E-state index is -3.24.